The molecule has 0 aliphatic rings. The molecule has 1 aromatic carbocycles. The second-order valence-corrected chi connectivity index (χ2v) is 4.29. The van der Waals surface area contributed by atoms with Crippen molar-refractivity contribution < 1.29 is 4.39 Å². The number of fused-ring (bicyclic) bond motifs is 1. The van der Waals surface area contributed by atoms with Crippen molar-refractivity contribution in [1.29, 1.82) is 0 Å². The molecular weight excluding hydrogens is 245 g/mol. The summed E-state index contributed by atoms with van der Waals surface area (Å²) in [7, 11) is 0. The SMILES string of the molecule is Cc1ccc(N)c(Nc2ccc3[nH]nc(F)c3c2)n1. The highest BCUT2D eigenvalue weighted by Crippen LogP contribution is 2.24. The van der Waals surface area contributed by atoms with E-state index in [2.05, 4.69) is 20.5 Å². The number of hydrogen-bond donors (Lipinski definition) is 3. The molecule has 19 heavy (non-hydrogen) atoms. The van der Waals surface area contributed by atoms with Crippen molar-refractivity contribution in [3.05, 3.63) is 42.0 Å². The maximum absolute atomic E-state index is 13.4. The van der Waals surface area contributed by atoms with Gasteiger partial charge in [0.1, 0.15) is 0 Å². The molecule has 5 nitrogen and oxygen atoms in total. The van der Waals surface area contributed by atoms with Gasteiger partial charge in [-0.3, -0.25) is 5.10 Å². The Morgan fingerprint density at radius 2 is 2.11 bits per heavy atom. The van der Waals surface area contributed by atoms with E-state index in [0.29, 0.717) is 28.1 Å². The molecule has 0 aliphatic heterocycles. The predicted molar refractivity (Wildman–Crippen MR) is 72.7 cm³/mol. The van der Waals surface area contributed by atoms with Gasteiger partial charge >= 0.3 is 0 Å². The fraction of sp³-hybridized carbons (Fsp3) is 0.0769. The minimum atomic E-state index is -0.524. The number of nitrogens with one attached hydrogen (secondary N) is 2. The molecule has 0 aliphatic carbocycles. The van der Waals surface area contributed by atoms with Gasteiger partial charge in [0.2, 0.25) is 5.95 Å². The van der Waals surface area contributed by atoms with Gasteiger partial charge in [0.15, 0.2) is 5.82 Å². The molecule has 0 radical (unpaired) electrons. The second kappa shape index (κ2) is 4.24. The highest BCUT2D eigenvalue weighted by Gasteiger charge is 2.07. The van der Waals surface area contributed by atoms with E-state index >= 15 is 0 Å². The van der Waals surface area contributed by atoms with Crippen LogP contribution in [0.25, 0.3) is 10.9 Å². The summed E-state index contributed by atoms with van der Waals surface area (Å²) in [6.45, 7) is 1.88. The van der Waals surface area contributed by atoms with E-state index in [9.17, 15) is 4.39 Å². The van der Waals surface area contributed by atoms with Gasteiger partial charge in [-0.15, -0.1) is 5.10 Å². The molecule has 0 bridgehead atoms. The zero-order valence-corrected chi connectivity index (χ0v) is 10.2. The van der Waals surface area contributed by atoms with Gasteiger partial charge in [0.05, 0.1) is 16.6 Å². The van der Waals surface area contributed by atoms with Crippen molar-refractivity contribution in [1.82, 2.24) is 15.2 Å². The summed E-state index contributed by atoms with van der Waals surface area (Å²) in [4.78, 5) is 4.30. The quantitative estimate of drug-likeness (QED) is 0.659. The molecule has 3 aromatic rings. The third-order valence-corrected chi connectivity index (χ3v) is 2.84. The molecule has 0 spiro atoms. The largest absolute Gasteiger partial charge is 0.396 e. The number of aromatic nitrogens is 3. The van der Waals surface area contributed by atoms with Crippen LogP contribution in [0.4, 0.5) is 21.6 Å². The predicted octanol–water partition coefficient (Wildman–Crippen LogP) is 2.73. The van der Waals surface area contributed by atoms with Gasteiger partial charge in [-0.05, 0) is 37.3 Å². The van der Waals surface area contributed by atoms with Crippen molar-refractivity contribution in [3.8, 4) is 0 Å². The number of nitrogens with two attached hydrogens (primary N) is 1. The first kappa shape index (κ1) is 11.5. The van der Waals surface area contributed by atoms with Crippen molar-refractivity contribution in [2.24, 2.45) is 0 Å². The van der Waals surface area contributed by atoms with Crippen LogP contribution >= 0.6 is 0 Å². The number of nitrogens with zero attached hydrogens (tertiary/aromatic N) is 2. The van der Waals surface area contributed by atoms with Gasteiger partial charge in [-0.25, -0.2) is 4.98 Å². The van der Waals surface area contributed by atoms with Gasteiger partial charge < -0.3 is 11.1 Å². The third kappa shape index (κ3) is 2.08. The molecule has 0 saturated carbocycles. The van der Waals surface area contributed by atoms with E-state index in [1.54, 1.807) is 18.2 Å². The monoisotopic (exact) mass is 257 g/mol. The number of halogens is 1. The average molecular weight is 257 g/mol. The molecule has 6 heteroatoms. The van der Waals surface area contributed by atoms with Crippen LogP contribution in [0.15, 0.2) is 30.3 Å². The molecule has 0 atom stereocenters. The molecule has 96 valence electrons. The number of H-pyrrole nitrogens is 1. The molecular formula is C13H12FN5. The van der Waals surface area contributed by atoms with Crippen LogP contribution in [0.5, 0.6) is 0 Å². The lowest BCUT2D eigenvalue weighted by Gasteiger charge is -2.09. The highest BCUT2D eigenvalue weighted by atomic mass is 19.1. The fourth-order valence-corrected chi connectivity index (χ4v) is 1.86. The second-order valence-electron chi connectivity index (χ2n) is 4.29. The summed E-state index contributed by atoms with van der Waals surface area (Å²) in [5.74, 6) is 0.0343. The van der Waals surface area contributed by atoms with Crippen LogP contribution < -0.4 is 11.1 Å². The Morgan fingerprint density at radius 3 is 2.95 bits per heavy atom. The first-order valence-electron chi connectivity index (χ1n) is 5.77. The molecule has 0 amide bonds. The Labute approximate surface area is 108 Å². The number of pyridine rings is 1. The minimum Gasteiger partial charge on any atom is -0.396 e. The lowest BCUT2D eigenvalue weighted by molar-refractivity contribution is 0.588. The number of anilines is 3. The van der Waals surface area contributed by atoms with Crippen LogP contribution in [-0.2, 0) is 0 Å². The summed E-state index contributed by atoms with van der Waals surface area (Å²) in [6, 6.07) is 8.84. The van der Waals surface area contributed by atoms with E-state index in [4.69, 9.17) is 5.73 Å². The van der Waals surface area contributed by atoms with Crippen LogP contribution in [-0.4, -0.2) is 15.2 Å². The Morgan fingerprint density at radius 1 is 1.26 bits per heavy atom. The number of aryl methyl sites for hydroxylation is 1. The molecule has 4 N–H and O–H groups in total. The zero-order chi connectivity index (χ0) is 13.4. The summed E-state index contributed by atoms with van der Waals surface area (Å²) in [5.41, 5.74) is 8.59. The van der Waals surface area contributed by atoms with Crippen molar-refractivity contribution in [3.63, 3.8) is 0 Å². The molecule has 0 fully saturated rings. The van der Waals surface area contributed by atoms with Gasteiger partial charge in [-0.1, -0.05) is 0 Å². The van der Waals surface area contributed by atoms with Crippen LogP contribution in [0.1, 0.15) is 5.69 Å². The molecule has 2 aromatic heterocycles. The lowest BCUT2D eigenvalue weighted by Crippen LogP contribution is -2.00. The van der Waals surface area contributed by atoms with Gasteiger partial charge in [0.25, 0.3) is 0 Å². The van der Waals surface area contributed by atoms with E-state index < -0.39 is 5.95 Å². The maximum atomic E-state index is 13.4. The van der Waals surface area contributed by atoms with Gasteiger partial charge in [0, 0.05) is 11.4 Å². The van der Waals surface area contributed by atoms with Crippen molar-refractivity contribution >= 4 is 28.1 Å². The Bertz CT molecular complexity index is 750. The van der Waals surface area contributed by atoms with E-state index in [0.717, 1.165) is 5.69 Å². The third-order valence-electron chi connectivity index (χ3n) is 2.84. The average Bonchev–Trinajstić information content (AvgIpc) is 2.76. The van der Waals surface area contributed by atoms with E-state index in [1.807, 2.05) is 19.1 Å². The first-order chi connectivity index (χ1) is 9.13. The molecule has 0 saturated heterocycles. The summed E-state index contributed by atoms with van der Waals surface area (Å²) < 4.78 is 13.4. The first-order valence-corrected chi connectivity index (χ1v) is 5.77. The van der Waals surface area contributed by atoms with E-state index in [-0.39, 0.29) is 0 Å². The maximum Gasteiger partial charge on any atom is 0.240 e. The fourth-order valence-electron chi connectivity index (χ4n) is 1.86. The summed E-state index contributed by atoms with van der Waals surface area (Å²) in [6.07, 6.45) is 0. The van der Waals surface area contributed by atoms with Crippen LogP contribution in [0.3, 0.4) is 0 Å². The van der Waals surface area contributed by atoms with Crippen LogP contribution in [0, 0.1) is 12.9 Å². The smallest absolute Gasteiger partial charge is 0.240 e. The zero-order valence-electron chi connectivity index (χ0n) is 10.2. The molecule has 2 heterocycles. The standard InChI is InChI=1S/C13H12FN5/c1-7-2-4-10(15)13(16-7)17-8-3-5-11-9(6-8)12(14)19-18-11/h2-6H,15H2,1H3,(H,16,17)(H,18,19). The number of aromatic amines is 1. The Hall–Kier alpha value is -2.63. The van der Waals surface area contributed by atoms with Crippen LogP contribution in [0.2, 0.25) is 0 Å². The molecule has 3 rings (SSSR count). The highest BCUT2D eigenvalue weighted by molar-refractivity contribution is 5.84. The van der Waals surface area contributed by atoms with E-state index in [1.165, 1.54) is 0 Å². The molecule has 0 unspecified atom stereocenters. The normalized spacial score (nSPS) is 10.8. The Kier molecular flexibility index (Phi) is 2.56. The van der Waals surface area contributed by atoms with Crippen molar-refractivity contribution in [2.45, 2.75) is 6.92 Å². The number of rotatable bonds is 2. The topological polar surface area (TPSA) is 79.6 Å². The number of nitrogen functional groups attached to an aromatic ring is 1. The summed E-state index contributed by atoms with van der Waals surface area (Å²) >= 11 is 0. The van der Waals surface area contributed by atoms with Gasteiger partial charge in [-0.2, -0.15) is 4.39 Å². The van der Waals surface area contributed by atoms with Crippen molar-refractivity contribution in [2.75, 3.05) is 11.1 Å². The Balaban J connectivity index is 2.00. The number of hydrogen-bond acceptors (Lipinski definition) is 4. The number of benzene rings is 1. The summed E-state index contributed by atoms with van der Waals surface area (Å²) in [5, 5.41) is 9.63. The lowest BCUT2D eigenvalue weighted by atomic mass is 10.2. The minimum absolute atomic E-state index is 0.427.